The molecule has 0 spiro atoms. The molecular weight excluding hydrogens is 234 g/mol. The van der Waals surface area contributed by atoms with Crippen molar-refractivity contribution in [3.63, 3.8) is 0 Å². The minimum Gasteiger partial charge on any atom is -0.369 e. The van der Waals surface area contributed by atoms with Gasteiger partial charge in [-0.15, -0.1) is 0 Å². The molecule has 0 aromatic carbocycles. The van der Waals surface area contributed by atoms with Crippen molar-refractivity contribution in [3.05, 3.63) is 17.5 Å². The minimum atomic E-state index is 0.437. The van der Waals surface area contributed by atoms with Crippen molar-refractivity contribution in [3.8, 4) is 0 Å². The molecule has 1 aromatic heterocycles. The summed E-state index contributed by atoms with van der Waals surface area (Å²) in [5.74, 6) is 1.59. The molecule has 0 bridgehead atoms. The highest BCUT2D eigenvalue weighted by Gasteiger charge is 1.96. The highest BCUT2D eigenvalue weighted by atomic mass is 35.5. The minimum absolute atomic E-state index is 0.437. The van der Waals surface area contributed by atoms with Crippen molar-refractivity contribution >= 4 is 17.4 Å². The molecule has 3 nitrogen and oxygen atoms in total. The summed E-state index contributed by atoms with van der Waals surface area (Å²) in [4.78, 5) is 8.10. The second-order valence-electron chi connectivity index (χ2n) is 4.75. The number of nitrogens with one attached hydrogen (secondary N) is 1. The summed E-state index contributed by atoms with van der Waals surface area (Å²) in [5.41, 5.74) is 0. The molecule has 0 amide bonds. The van der Waals surface area contributed by atoms with Crippen molar-refractivity contribution in [1.29, 1.82) is 0 Å². The molecule has 0 unspecified atom stereocenters. The van der Waals surface area contributed by atoms with Crippen LogP contribution in [0.25, 0.3) is 0 Å². The first-order valence-electron chi connectivity index (χ1n) is 6.40. The van der Waals surface area contributed by atoms with Crippen LogP contribution in [0.1, 0.15) is 46.0 Å². The number of hydrogen-bond donors (Lipinski definition) is 1. The van der Waals surface area contributed by atoms with E-state index in [1.54, 1.807) is 12.4 Å². The van der Waals surface area contributed by atoms with Crippen molar-refractivity contribution in [2.75, 3.05) is 11.9 Å². The summed E-state index contributed by atoms with van der Waals surface area (Å²) < 4.78 is 0. The van der Waals surface area contributed by atoms with E-state index in [1.165, 1.54) is 32.1 Å². The Labute approximate surface area is 109 Å². The van der Waals surface area contributed by atoms with Gasteiger partial charge in [-0.05, 0) is 12.3 Å². The summed E-state index contributed by atoms with van der Waals surface area (Å²) in [7, 11) is 0. The molecule has 0 radical (unpaired) electrons. The van der Waals surface area contributed by atoms with Gasteiger partial charge < -0.3 is 5.32 Å². The smallest absolute Gasteiger partial charge is 0.149 e. The zero-order chi connectivity index (χ0) is 12.5. The van der Waals surface area contributed by atoms with Crippen LogP contribution in [0.2, 0.25) is 5.15 Å². The van der Waals surface area contributed by atoms with Gasteiger partial charge in [0.25, 0.3) is 0 Å². The summed E-state index contributed by atoms with van der Waals surface area (Å²) in [5, 5.41) is 3.66. The Morgan fingerprint density at radius 2 is 1.94 bits per heavy atom. The molecule has 96 valence electrons. The summed E-state index contributed by atoms with van der Waals surface area (Å²) >= 11 is 5.74. The first-order chi connectivity index (χ1) is 8.18. The lowest BCUT2D eigenvalue weighted by Gasteiger charge is -2.06. The number of rotatable bonds is 8. The molecule has 17 heavy (non-hydrogen) atoms. The van der Waals surface area contributed by atoms with Gasteiger partial charge in [-0.2, -0.15) is 0 Å². The molecule has 0 aliphatic carbocycles. The predicted octanol–water partition coefficient (Wildman–Crippen LogP) is 4.15. The van der Waals surface area contributed by atoms with Crippen molar-refractivity contribution in [2.45, 2.75) is 46.0 Å². The lowest BCUT2D eigenvalue weighted by atomic mass is 10.0. The van der Waals surface area contributed by atoms with Gasteiger partial charge >= 0.3 is 0 Å². The van der Waals surface area contributed by atoms with Gasteiger partial charge in [0.05, 0.1) is 12.4 Å². The standard InChI is InChI=1S/C13H22ClN3/c1-11(2)7-5-3-4-6-8-16-13-10-15-9-12(14)17-13/h9-11H,3-8H2,1-2H3,(H,16,17). The average molecular weight is 256 g/mol. The SMILES string of the molecule is CC(C)CCCCCCNc1cncc(Cl)n1. The van der Waals surface area contributed by atoms with Gasteiger partial charge in [-0.3, -0.25) is 4.98 Å². The van der Waals surface area contributed by atoms with Crippen LogP contribution in [-0.2, 0) is 0 Å². The highest BCUT2D eigenvalue weighted by molar-refractivity contribution is 6.29. The maximum Gasteiger partial charge on any atom is 0.149 e. The van der Waals surface area contributed by atoms with Crippen LogP contribution < -0.4 is 5.32 Å². The third-order valence-corrected chi connectivity index (χ3v) is 2.80. The molecule has 0 atom stereocenters. The Balaban J connectivity index is 2.01. The summed E-state index contributed by atoms with van der Waals surface area (Å²) in [6, 6.07) is 0. The molecule has 0 saturated carbocycles. The van der Waals surface area contributed by atoms with Crippen LogP contribution >= 0.6 is 11.6 Å². The van der Waals surface area contributed by atoms with Gasteiger partial charge in [0, 0.05) is 6.54 Å². The summed E-state index contributed by atoms with van der Waals surface area (Å²) in [6.07, 6.45) is 9.69. The van der Waals surface area contributed by atoms with E-state index in [-0.39, 0.29) is 0 Å². The van der Waals surface area contributed by atoms with Gasteiger partial charge in [0.15, 0.2) is 0 Å². The van der Waals surface area contributed by atoms with Gasteiger partial charge in [-0.25, -0.2) is 4.98 Å². The van der Waals surface area contributed by atoms with Crippen LogP contribution in [0.5, 0.6) is 0 Å². The molecular formula is C13H22ClN3. The van der Waals surface area contributed by atoms with Crippen LogP contribution in [0, 0.1) is 5.92 Å². The van der Waals surface area contributed by atoms with Crippen LogP contribution in [0.15, 0.2) is 12.4 Å². The predicted molar refractivity (Wildman–Crippen MR) is 73.5 cm³/mol. The Kier molecular flexibility index (Phi) is 6.94. The van der Waals surface area contributed by atoms with E-state index in [9.17, 15) is 0 Å². The van der Waals surface area contributed by atoms with Gasteiger partial charge in [-0.1, -0.05) is 51.1 Å². The normalized spacial score (nSPS) is 10.8. The molecule has 0 aliphatic heterocycles. The van der Waals surface area contributed by atoms with E-state index in [2.05, 4.69) is 29.1 Å². The second kappa shape index (κ2) is 8.29. The monoisotopic (exact) mass is 255 g/mol. The molecule has 4 heteroatoms. The average Bonchev–Trinajstić information content (AvgIpc) is 2.27. The van der Waals surface area contributed by atoms with Crippen molar-refractivity contribution in [1.82, 2.24) is 9.97 Å². The van der Waals surface area contributed by atoms with Gasteiger partial charge in [0.2, 0.25) is 0 Å². The third-order valence-electron chi connectivity index (χ3n) is 2.62. The number of aromatic nitrogens is 2. The Morgan fingerprint density at radius 3 is 2.65 bits per heavy atom. The lowest BCUT2D eigenvalue weighted by Crippen LogP contribution is -2.03. The molecule has 0 fully saturated rings. The Hall–Kier alpha value is -0.830. The number of anilines is 1. The molecule has 0 aliphatic rings. The van der Waals surface area contributed by atoms with Crippen molar-refractivity contribution < 1.29 is 0 Å². The van der Waals surface area contributed by atoms with Crippen LogP contribution in [0.3, 0.4) is 0 Å². The fourth-order valence-corrected chi connectivity index (χ4v) is 1.82. The quantitative estimate of drug-likeness (QED) is 0.709. The number of nitrogens with zero attached hydrogens (tertiary/aromatic N) is 2. The molecule has 1 N–H and O–H groups in total. The second-order valence-corrected chi connectivity index (χ2v) is 5.14. The van der Waals surface area contributed by atoms with Crippen LogP contribution in [-0.4, -0.2) is 16.5 Å². The Bertz CT molecular complexity index is 315. The first kappa shape index (κ1) is 14.2. The van der Waals surface area contributed by atoms with Gasteiger partial charge in [0.1, 0.15) is 11.0 Å². The number of halogens is 1. The van der Waals surface area contributed by atoms with Crippen molar-refractivity contribution in [2.24, 2.45) is 5.92 Å². The zero-order valence-electron chi connectivity index (χ0n) is 10.7. The van der Waals surface area contributed by atoms with E-state index in [4.69, 9.17) is 11.6 Å². The van der Waals surface area contributed by atoms with E-state index in [0.29, 0.717) is 5.15 Å². The maximum absolute atomic E-state index is 5.74. The number of hydrogen-bond acceptors (Lipinski definition) is 3. The molecule has 1 aromatic rings. The largest absolute Gasteiger partial charge is 0.369 e. The summed E-state index contributed by atoms with van der Waals surface area (Å²) in [6.45, 7) is 5.50. The van der Waals surface area contributed by atoms with E-state index in [0.717, 1.165) is 18.3 Å². The topological polar surface area (TPSA) is 37.8 Å². The van der Waals surface area contributed by atoms with Crippen LogP contribution in [0.4, 0.5) is 5.82 Å². The first-order valence-corrected chi connectivity index (χ1v) is 6.77. The number of unbranched alkanes of at least 4 members (excludes halogenated alkanes) is 3. The van der Waals surface area contributed by atoms with E-state index < -0.39 is 0 Å². The zero-order valence-corrected chi connectivity index (χ0v) is 11.5. The molecule has 1 rings (SSSR count). The molecule has 1 heterocycles. The fourth-order valence-electron chi connectivity index (χ4n) is 1.67. The molecule has 0 saturated heterocycles. The lowest BCUT2D eigenvalue weighted by molar-refractivity contribution is 0.523. The van der Waals surface area contributed by atoms with E-state index in [1.807, 2.05) is 0 Å². The third kappa shape index (κ3) is 7.16. The highest BCUT2D eigenvalue weighted by Crippen LogP contribution is 2.10. The maximum atomic E-state index is 5.74. The Morgan fingerprint density at radius 1 is 1.18 bits per heavy atom. The van der Waals surface area contributed by atoms with E-state index >= 15 is 0 Å². The fraction of sp³-hybridized carbons (Fsp3) is 0.692.